The summed E-state index contributed by atoms with van der Waals surface area (Å²) in [6, 6.07) is 15.2. The standard InChI is InChI=1S/C17H18N2O2/c1-20-16-6-7-17(13(10-16)8-9-18)21-12-15-5-3-2-4-14(15)11-19/h2-7,10H,8-9,12,18H2,1H3. The topological polar surface area (TPSA) is 68.3 Å². The Balaban J connectivity index is 2.17. The third-order valence-electron chi connectivity index (χ3n) is 3.20. The van der Waals surface area contributed by atoms with Crippen molar-refractivity contribution in [1.82, 2.24) is 0 Å². The molecule has 0 radical (unpaired) electrons. The number of hydrogen-bond acceptors (Lipinski definition) is 4. The highest BCUT2D eigenvalue weighted by Gasteiger charge is 2.07. The number of methoxy groups -OCH3 is 1. The summed E-state index contributed by atoms with van der Waals surface area (Å²) in [5.41, 5.74) is 8.14. The molecule has 4 heteroatoms. The predicted molar refractivity (Wildman–Crippen MR) is 81.2 cm³/mol. The van der Waals surface area contributed by atoms with Crippen molar-refractivity contribution in [2.75, 3.05) is 13.7 Å². The first-order chi connectivity index (χ1) is 10.3. The van der Waals surface area contributed by atoms with Gasteiger partial charge in [0.05, 0.1) is 18.7 Å². The van der Waals surface area contributed by atoms with Gasteiger partial charge >= 0.3 is 0 Å². The van der Waals surface area contributed by atoms with Gasteiger partial charge in [0.2, 0.25) is 0 Å². The van der Waals surface area contributed by atoms with Crippen LogP contribution in [0.1, 0.15) is 16.7 Å². The lowest BCUT2D eigenvalue weighted by molar-refractivity contribution is 0.302. The summed E-state index contributed by atoms with van der Waals surface area (Å²) in [6.45, 7) is 0.895. The SMILES string of the molecule is COc1ccc(OCc2ccccc2C#N)c(CCN)c1. The summed E-state index contributed by atoms with van der Waals surface area (Å²) in [4.78, 5) is 0. The van der Waals surface area contributed by atoms with Crippen molar-refractivity contribution in [3.05, 3.63) is 59.2 Å². The van der Waals surface area contributed by atoms with E-state index >= 15 is 0 Å². The zero-order valence-corrected chi connectivity index (χ0v) is 12.0. The first-order valence-corrected chi connectivity index (χ1v) is 6.76. The molecule has 0 bridgehead atoms. The molecule has 108 valence electrons. The van der Waals surface area contributed by atoms with Crippen LogP contribution in [0.3, 0.4) is 0 Å². The highest BCUT2D eigenvalue weighted by Crippen LogP contribution is 2.25. The Labute approximate surface area is 124 Å². The van der Waals surface area contributed by atoms with E-state index in [1.807, 2.05) is 36.4 Å². The third-order valence-corrected chi connectivity index (χ3v) is 3.20. The first-order valence-electron chi connectivity index (χ1n) is 6.76. The van der Waals surface area contributed by atoms with Gasteiger partial charge in [-0.15, -0.1) is 0 Å². The fraction of sp³-hybridized carbons (Fsp3) is 0.235. The second-order valence-corrected chi connectivity index (χ2v) is 4.57. The van der Waals surface area contributed by atoms with Crippen molar-refractivity contribution in [1.29, 1.82) is 5.26 Å². The van der Waals surface area contributed by atoms with Crippen LogP contribution in [-0.2, 0) is 13.0 Å². The summed E-state index contributed by atoms with van der Waals surface area (Å²) in [7, 11) is 1.63. The van der Waals surface area contributed by atoms with Crippen molar-refractivity contribution in [3.8, 4) is 17.6 Å². The Kier molecular flexibility index (Phi) is 5.19. The molecule has 2 N–H and O–H groups in total. The summed E-state index contributed by atoms with van der Waals surface area (Å²) in [6.07, 6.45) is 0.715. The van der Waals surface area contributed by atoms with Crippen LogP contribution in [0.15, 0.2) is 42.5 Å². The average molecular weight is 282 g/mol. The Hall–Kier alpha value is -2.51. The summed E-state index contributed by atoms with van der Waals surface area (Å²) in [5.74, 6) is 1.55. The molecule has 0 saturated heterocycles. The molecule has 0 aromatic heterocycles. The van der Waals surface area contributed by atoms with E-state index in [9.17, 15) is 0 Å². The monoisotopic (exact) mass is 282 g/mol. The molecular formula is C17H18N2O2. The molecule has 0 atom stereocenters. The van der Waals surface area contributed by atoms with Crippen LogP contribution < -0.4 is 15.2 Å². The van der Waals surface area contributed by atoms with Crippen molar-refractivity contribution in [2.45, 2.75) is 13.0 Å². The van der Waals surface area contributed by atoms with E-state index in [4.69, 9.17) is 20.5 Å². The van der Waals surface area contributed by atoms with Gasteiger partial charge in [-0.1, -0.05) is 18.2 Å². The van der Waals surface area contributed by atoms with Crippen LogP contribution in [-0.4, -0.2) is 13.7 Å². The molecule has 0 fully saturated rings. The maximum atomic E-state index is 9.08. The molecule has 0 unspecified atom stereocenters. The zero-order valence-electron chi connectivity index (χ0n) is 12.0. The second-order valence-electron chi connectivity index (χ2n) is 4.57. The van der Waals surface area contributed by atoms with Crippen molar-refractivity contribution in [2.24, 2.45) is 5.73 Å². The predicted octanol–water partition coefficient (Wildman–Crippen LogP) is 2.65. The van der Waals surface area contributed by atoms with E-state index < -0.39 is 0 Å². The number of ether oxygens (including phenoxy) is 2. The maximum Gasteiger partial charge on any atom is 0.123 e. The smallest absolute Gasteiger partial charge is 0.123 e. The molecule has 2 rings (SSSR count). The zero-order chi connectivity index (χ0) is 15.1. The maximum absolute atomic E-state index is 9.08. The highest BCUT2D eigenvalue weighted by molar-refractivity contribution is 5.41. The van der Waals surface area contributed by atoms with Crippen LogP contribution in [0.4, 0.5) is 0 Å². The molecule has 2 aromatic rings. The Morgan fingerprint density at radius 3 is 2.67 bits per heavy atom. The summed E-state index contributed by atoms with van der Waals surface area (Å²) in [5, 5.41) is 9.08. The van der Waals surface area contributed by atoms with Crippen LogP contribution in [0.5, 0.6) is 11.5 Å². The first kappa shape index (κ1) is 14.9. The minimum Gasteiger partial charge on any atom is -0.497 e. The van der Waals surface area contributed by atoms with Crippen LogP contribution in [0.25, 0.3) is 0 Å². The van der Waals surface area contributed by atoms with Gasteiger partial charge < -0.3 is 15.2 Å². The normalized spacial score (nSPS) is 9.95. The quantitative estimate of drug-likeness (QED) is 0.884. The van der Waals surface area contributed by atoms with Gasteiger partial charge in [-0.2, -0.15) is 5.26 Å². The number of hydrogen-bond donors (Lipinski definition) is 1. The minimum absolute atomic E-state index is 0.355. The Bertz CT molecular complexity index is 647. The molecule has 0 aliphatic heterocycles. The molecule has 0 heterocycles. The second kappa shape index (κ2) is 7.32. The molecule has 0 spiro atoms. The van der Waals surface area contributed by atoms with E-state index in [1.54, 1.807) is 13.2 Å². The molecule has 0 aliphatic rings. The summed E-state index contributed by atoms with van der Waals surface area (Å²) < 4.78 is 11.1. The largest absolute Gasteiger partial charge is 0.497 e. The van der Waals surface area contributed by atoms with Gasteiger partial charge in [-0.05, 0) is 42.8 Å². The Morgan fingerprint density at radius 1 is 1.14 bits per heavy atom. The molecule has 2 aromatic carbocycles. The number of rotatable bonds is 6. The van der Waals surface area contributed by atoms with Crippen molar-refractivity contribution in [3.63, 3.8) is 0 Å². The van der Waals surface area contributed by atoms with Gasteiger partial charge in [-0.3, -0.25) is 0 Å². The minimum atomic E-state index is 0.355. The molecule has 0 amide bonds. The van der Waals surface area contributed by atoms with Crippen molar-refractivity contribution < 1.29 is 9.47 Å². The molecule has 0 aliphatic carbocycles. The van der Waals surface area contributed by atoms with E-state index in [2.05, 4.69) is 6.07 Å². The van der Waals surface area contributed by atoms with Crippen LogP contribution in [0.2, 0.25) is 0 Å². The van der Waals surface area contributed by atoms with Gasteiger partial charge in [0.1, 0.15) is 18.1 Å². The van der Waals surface area contributed by atoms with E-state index in [0.717, 1.165) is 22.6 Å². The third kappa shape index (κ3) is 3.74. The number of benzene rings is 2. The average Bonchev–Trinajstić information content (AvgIpc) is 2.54. The van der Waals surface area contributed by atoms with Crippen LogP contribution >= 0.6 is 0 Å². The lowest BCUT2D eigenvalue weighted by Crippen LogP contribution is -2.06. The molecule has 4 nitrogen and oxygen atoms in total. The fourth-order valence-electron chi connectivity index (χ4n) is 2.09. The van der Waals surface area contributed by atoms with Crippen molar-refractivity contribution >= 4 is 0 Å². The van der Waals surface area contributed by atoms with Gasteiger partial charge in [0.15, 0.2) is 0 Å². The van der Waals surface area contributed by atoms with Gasteiger partial charge in [-0.25, -0.2) is 0 Å². The van der Waals surface area contributed by atoms with E-state index in [-0.39, 0.29) is 0 Å². The number of nitrogens with two attached hydrogens (primary N) is 1. The summed E-state index contributed by atoms with van der Waals surface area (Å²) >= 11 is 0. The van der Waals surface area contributed by atoms with Crippen LogP contribution in [0, 0.1) is 11.3 Å². The van der Waals surface area contributed by atoms with Gasteiger partial charge in [0, 0.05) is 5.56 Å². The molecule has 0 saturated carbocycles. The lowest BCUT2D eigenvalue weighted by atomic mass is 10.1. The van der Waals surface area contributed by atoms with E-state index in [0.29, 0.717) is 25.1 Å². The van der Waals surface area contributed by atoms with E-state index in [1.165, 1.54) is 0 Å². The fourth-order valence-corrected chi connectivity index (χ4v) is 2.09. The number of nitrogens with zero attached hydrogens (tertiary/aromatic N) is 1. The highest BCUT2D eigenvalue weighted by atomic mass is 16.5. The van der Waals surface area contributed by atoms with Gasteiger partial charge in [0.25, 0.3) is 0 Å². The molecular weight excluding hydrogens is 264 g/mol. The Morgan fingerprint density at radius 2 is 1.95 bits per heavy atom. The lowest BCUT2D eigenvalue weighted by Gasteiger charge is -2.13. The molecule has 21 heavy (non-hydrogen) atoms. The number of nitriles is 1.